The second-order valence-corrected chi connectivity index (χ2v) is 4.95. The molecule has 1 atom stereocenters. The molecule has 0 aliphatic heterocycles. The van der Waals surface area contributed by atoms with Gasteiger partial charge in [-0.05, 0) is 31.0 Å². The summed E-state index contributed by atoms with van der Waals surface area (Å²) in [5.41, 5.74) is -1.68. The summed E-state index contributed by atoms with van der Waals surface area (Å²) < 4.78 is 38.5. The van der Waals surface area contributed by atoms with Gasteiger partial charge in [0.05, 0.1) is 4.92 Å². The minimum absolute atomic E-state index is 0.0116. The molecule has 0 amide bonds. The number of alkyl halides is 3. The van der Waals surface area contributed by atoms with Crippen LogP contribution < -0.4 is 5.32 Å². The van der Waals surface area contributed by atoms with Gasteiger partial charge in [-0.3, -0.25) is 10.1 Å². The van der Waals surface area contributed by atoms with Crippen LogP contribution in [0.1, 0.15) is 25.0 Å². The second kappa shape index (κ2) is 6.21. The molecule has 1 unspecified atom stereocenters. The molecule has 1 aromatic rings. The number of nitro benzene ring substituents is 1. The highest BCUT2D eigenvalue weighted by Crippen LogP contribution is 2.36. The molecule has 20 heavy (non-hydrogen) atoms. The van der Waals surface area contributed by atoms with E-state index < -0.39 is 22.4 Å². The summed E-state index contributed by atoms with van der Waals surface area (Å²) in [5, 5.41) is 13.7. The zero-order chi connectivity index (χ0) is 15.5. The first-order valence-electron chi connectivity index (χ1n) is 6.18. The molecule has 4 nitrogen and oxygen atoms in total. The average molecular weight is 290 g/mol. The highest BCUT2D eigenvalue weighted by Gasteiger charge is 2.38. The van der Waals surface area contributed by atoms with Crippen LogP contribution in [0, 0.1) is 16.0 Å². The first-order chi connectivity index (χ1) is 9.16. The van der Waals surface area contributed by atoms with Crippen molar-refractivity contribution < 1.29 is 18.1 Å². The quantitative estimate of drug-likeness (QED) is 0.668. The maximum Gasteiger partial charge on any atom is 0.423 e. The number of halogens is 3. The molecule has 1 N–H and O–H groups in total. The van der Waals surface area contributed by atoms with Gasteiger partial charge in [-0.25, -0.2) is 0 Å². The topological polar surface area (TPSA) is 55.2 Å². The molecule has 0 saturated heterocycles. The van der Waals surface area contributed by atoms with Crippen LogP contribution in [0.25, 0.3) is 0 Å². The molecular weight excluding hydrogens is 273 g/mol. The van der Waals surface area contributed by atoms with E-state index in [2.05, 4.69) is 5.32 Å². The van der Waals surface area contributed by atoms with E-state index in [0.717, 1.165) is 12.1 Å². The van der Waals surface area contributed by atoms with E-state index in [0.29, 0.717) is 12.0 Å². The summed E-state index contributed by atoms with van der Waals surface area (Å²) in [7, 11) is 1.74. The SMILES string of the molecule is CNC(Cc1ccc([N+](=O)[O-])c(C(F)(F)F)c1)C(C)C. The van der Waals surface area contributed by atoms with E-state index >= 15 is 0 Å². The highest BCUT2D eigenvalue weighted by molar-refractivity contribution is 5.44. The van der Waals surface area contributed by atoms with Crippen LogP contribution in [0.4, 0.5) is 18.9 Å². The Hall–Kier alpha value is -1.63. The lowest BCUT2D eigenvalue weighted by Gasteiger charge is -2.20. The van der Waals surface area contributed by atoms with Gasteiger partial charge in [0.1, 0.15) is 5.56 Å². The predicted molar refractivity (Wildman–Crippen MR) is 69.5 cm³/mol. The summed E-state index contributed by atoms with van der Waals surface area (Å²) in [6.45, 7) is 3.91. The van der Waals surface area contributed by atoms with Gasteiger partial charge in [0.25, 0.3) is 5.69 Å². The molecule has 1 rings (SSSR count). The van der Waals surface area contributed by atoms with Gasteiger partial charge in [0.15, 0.2) is 0 Å². The first kappa shape index (κ1) is 16.4. The minimum atomic E-state index is -4.73. The molecule has 0 aliphatic carbocycles. The van der Waals surface area contributed by atoms with Crippen molar-refractivity contribution in [1.82, 2.24) is 5.32 Å². The van der Waals surface area contributed by atoms with Crippen molar-refractivity contribution in [2.75, 3.05) is 7.05 Å². The molecule has 0 bridgehead atoms. The van der Waals surface area contributed by atoms with Gasteiger partial charge >= 0.3 is 6.18 Å². The average Bonchev–Trinajstić information content (AvgIpc) is 2.34. The number of benzene rings is 1. The Kier molecular flexibility index (Phi) is 5.10. The van der Waals surface area contributed by atoms with Crippen molar-refractivity contribution in [2.45, 2.75) is 32.5 Å². The largest absolute Gasteiger partial charge is 0.423 e. The molecule has 0 saturated carbocycles. The molecule has 112 valence electrons. The number of nitrogens with zero attached hydrogens (tertiary/aromatic N) is 1. The Labute approximate surface area is 115 Å². The lowest BCUT2D eigenvalue weighted by Crippen LogP contribution is -2.32. The summed E-state index contributed by atoms with van der Waals surface area (Å²) in [5.74, 6) is 0.240. The van der Waals surface area contributed by atoms with Gasteiger partial charge in [-0.2, -0.15) is 13.2 Å². The molecule has 0 fully saturated rings. The molecule has 0 heterocycles. The Morgan fingerprint density at radius 3 is 2.35 bits per heavy atom. The summed E-state index contributed by atoms with van der Waals surface area (Å²) in [6, 6.07) is 3.17. The number of hydrogen-bond acceptors (Lipinski definition) is 3. The first-order valence-corrected chi connectivity index (χ1v) is 6.18. The van der Waals surface area contributed by atoms with Crippen molar-refractivity contribution in [3.8, 4) is 0 Å². The van der Waals surface area contributed by atoms with Gasteiger partial charge < -0.3 is 5.32 Å². The lowest BCUT2D eigenvalue weighted by molar-refractivity contribution is -0.388. The third-order valence-electron chi connectivity index (χ3n) is 3.19. The highest BCUT2D eigenvalue weighted by atomic mass is 19.4. The minimum Gasteiger partial charge on any atom is -0.316 e. The van der Waals surface area contributed by atoms with Crippen molar-refractivity contribution in [1.29, 1.82) is 0 Å². The number of rotatable bonds is 5. The van der Waals surface area contributed by atoms with Crippen molar-refractivity contribution >= 4 is 5.69 Å². The van der Waals surface area contributed by atoms with Gasteiger partial charge in [0.2, 0.25) is 0 Å². The summed E-state index contributed by atoms with van der Waals surface area (Å²) in [6.07, 6.45) is -4.35. The van der Waals surface area contributed by atoms with E-state index in [4.69, 9.17) is 0 Å². The van der Waals surface area contributed by atoms with Crippen LogP contribution >= 0.6 is 0 Å². The predicted octanol–water partition coefficient (Wildman–Crippen LogP) is 3.40. The third-order valence-corrected chi connectivity index (χ3v) is 3.19. The fraction of sp³-hybridized carbons (Fsp3) is 0.538. The van der Waals surface area contributed by atoms with Gasteiger partial charge in [0, 0.05) is 12.1 Å². The van der Waals surface area contributed by atoms with Crippen molar-refractivity contribution in [3.63, 3.8) is 0 Å². The Morgan fingerprint density at radius 2 is 1.95 bits per heavy atom. The molecule has 0 radical (unpaired) electrons. The van der Waals surface area contributed by atoms with Crippen LogP contribution in [0.15, 0.2) is 18.2 Å². The maximum absolute atomic E-state index is 12.8. The zero-order valence-corrected chi connectivity index (χ0v) is 11.5. The van der Waals surface area contributed by atoms with Crippen LogP contribution in [0.5, 0.6) is 0 Å². The number of nitrogens with one attached hydrogen (secondary N) is 1. The summed E-state index contributed by atoms with van der Waals surface area (Å²) in [4.78, 5) is 9.65. The molecule has 1 aromatic carbocycles. The number of nitro groups is 1. The number of likely N-dealkylation sites (N-methyl/N-ethyl adjacent to an activating group) is 1. The van der Waals surface area contributed by atoms with E-state index in [1.165, 1.54) is 6.07 Å². The van der Waals surface area contributed by atoms with Crippen LogP contribution in [0.3, 0.4) is 0 Å². The smallest absolute Gasteiger partial charge is 0.316 e. The summed E-state index contributed by atoms with van der Waals surface area (Å²) >= 11 is 0. The standard InChI is InChI=1S/C13H17F3N2O2/c1-8(2)11(17-3)7-9-4-5-12(18(19)20)10(6-9)13(14,15)16/h4-6,8,11,17H,7H2,1-3H3. The molecule has 0 aliphatic rings. The fourth-order valence-electron chi connectivity index (χ4n) is 2.02. The fourth-order valence-corrected chi connectivity index (χ4v) is 2.02. The molecular formula is C13H17F3N2O2. The zero-order valence-electron chi connectivity index (χ0n) is 11.5. The molecule has 7 heteroatoms. The van der Waals surface area contributed by atoms with E-state index in [1.54, 1.807) is 7.05 Å². The third kappa shape index (κ3) is 3.93. The van der Waals surface area contributed by atoms with Crippen molar-refractivity contribution in [3.05, 3.63) is 39.4 Å². The van der Waals surface area contributed by atoms with E-state index in [9.17, 15) is 23.3 Å². The van der Waals surface area contributed by atoms with Gasteiger partial charge in [-0.15, -0.1) is 0 Å². The van der Waals surface area contributed by atoms with Crippen LogP contribution in [0.2, 0.25) is 0 Å². The van der Waals surface area contributed by atoms with Gasteiger partial charge in [-0.1, -0.05) is 19.9 Å². The Balaban J connectivity index is 3.16. The monoisotopic (exact) mass is 290 g/mol. The van der Waals surface area contributed by atoms with E-state index in [1.807, 2.05) is 13.8 Å². The lowest BCUT2D eigenvalue weighted by atomic mass is 9.95. The van der Waals surface area contributed by atoms with Crippen LogP contribution in [-0.4, -0.2) is 18.0 Å². The maximum atomic E-state index is 12.8. The van der Waals surface area contributed by atoms with Crippen LogP contribution in [-0.2, 0) is 12.6 Å². The second-order valence-electron chi connectivity index (χ2n) is 4.95. The number of hydrogen-bond donors (Lipinski definition) is 1. The Morgan fingerprint density at radius 1 is 1.35 bits per heavy atom. The molecule has 0 spiro atoms. The van der Waals surface area contributed by atoms with E-state index in [-0.39, 0.29) is 12.0 Å². The normalized spacial score (nSPS) is 13.6. The molecule has 0 aromatic heterocycles. The Bertz CT molecular complexity index is 487. The van der Waals surface area contributed by atoms with Crippen molar-refractivity contribution in [2.24, 2.45) is 5.92 Å².